The summed E-state index contributed by atoms with van der Waals surface area (Å²) >= 11 is 0. The molecule has 0 saturated carbocycles. The summed E-state index contributed by atoms with van der Waals surface area (Å²) in [6, 6.07) is 0. The van der Waals surface area contributed by atoms with E-state index < -0.39 is 5.60 Å². The summed E-state index contributed by atoms with van der Waals surface area (Å²) in [5.41, 5.74) is -0.615. The van der Waals surface area contributed by atoms with Gasteiger partial charge in [-0.3, -0.25) is 0 Å². The molecule has 2 fully saturated rings. The number of amides is 1. The first-order chi connectivity index (χ1) is 7.86. The van der Waals surface area contributed by atoms with Gasteiger partial charge in [0.2, 0.25) is 0 Å². The normalized spacial score (nSPS) is 32.7. The Morgan fingerprint density at radius 3 is 2.82 bits per heavy atom. The van der Waals surface area contributed by atoms with Crippen LogP contribution in [-0.4, -0.2) is 54.5 Å². The molecular formula is C12H22N2O3. The van der Waals surface area contributed by atoms with Crippen LogP contribution in [0.5, 0.6) is 0 Å². The van der Waals surface area contributed by atoms with Crippen LogP contribution in [0.25, 0.3) is 0 Å². The van der Waals surface area contributed by atoms with E-state index in [-0.39, 0.29) is 18.1 Å². The summed E-state index contributed by atoms with van der Waals surface area (Å²) in [6.07, 6.45) is -0.264. The van der Waals surface area contributed by atoms with Crippen molar-refractivity contribution >= 4 is 6.09 Å². The number of aliphatic hydroxyl groups excluding tert-OH is 1. The third-order valence-electron chi connectivity index (χ3n) is 3.65. The van der Waals surface area contributed by atoms with Crippen molar-refractivity contribution in [3.63, 3.8) is 0 Å². The number of hydrogen-bond donors (Lipinski definition) is 2. The number of likely N-dealkylation sites (tertiary alicyclic amines) is 1. The van der Waals surface area contributed by atoms with Crippen LogP contribution in [0.1, 0.15) is 20.8 Å². The topological polar surface area (TPSA) is 61.8 Å². The molecule has 0 aromatic carbocycles. The quantitative estimate of drug-likeness (QED) is 0.700. The maximum atomic E-state index is 12.0. The monoisotopic (exact) mass is 242 g/mol. The van der Waals surface area contributed by atoms with E-state index in [1.807, 2.05) is 20.8 Å². The van der Waals surface area contributed by atoms with Crippen molar-refractivity contribution < 1.29 is 14.6 Å². The number of carbonyl (C=O) groups excluding carboxylic acids is 1. The first kappa shape index (κ1) is 12.6. The Balaban J connectivity index is 2.00. The largest absolute Gasteiger partial charge is 0.444 e. The predicted molar refractivity (Wildman–Crippen MR) is 63.7 cm³/mol. The van der Waals surface area contributed by atoms with Crippen LogP contribution < -0.4 is 5.32 Å². The molecule has 2 heterocycles. The van der Waals surface area contributed by atoms with Crippen molar-refractivity contribution in [1.29, 1.82) is 0 Å². The van der Waals surface area contributed by atoms with Crippen LogP contribution in [-0.2, 0) is 4.74 Å². The number of aliphatic hydroxyl groups is 1. The molecule has 0 radical (unpaired) electrons. The van der Waals surface area contributed by atoms with Crippen molar-refractivity contribution in [3.8, 4) is 0 Å². The standard InChI is InChI=1S/C12H22N2O3/c1-11(2,3)17-10(16)14-5-9-4-13-6-12(9,7-14)8-15/h9,13,15H,4-8H2,1-3H3/t9-,12-/m1/s1. The van der Waals surface area contributed by atoms with Gasteiger partial charge >= 0.3 is 6.09 Å². The van der Waals surface area contributed by atoms with Gasteiger partial charge in [0.25, 0.3) is 0 Å². The summed E-state index contributed by atoms with van der Waals surface area (Å²) in [4.78, 5) is 13.7. The fourth-order valence-corrected chi connectivity index (χ4v) is 2.71. The molecular weight excluding hydrogens is 220 g/mol. The molecule has 0 bridgehead atoms. The fourth-order valence-electron chi connectivity index (χ4n) is 2.71. The Morgan fingerprint density at radius 1 is 1.59 bits per heavy atom. The first-order valence-corrected chi connectivity index (χ1v) is 6.16. The van der Waals surface area contributed by atoms with E-state index in [4.69, 9.17) is 4.74 Å². The average Bonchev–Trinajstić information content (AvgIpc) is 2.70. The third kappa shape index (κ3) is 2.40. The summed E-state index contributed by atoms with van der Waals surface area (Å²) in [5, 5.41) is 12.8. The molecule has 5 heteroatoms. The lowest BCUT2D eigenvalue weighted by Gasteiger charge is -2.27. The lowest BCUT2D eigenvalue weighted by atomic mass is 9.82. The molecule has 5 nitrogen and oxygen atoms in total. The van der Waals surface area contributed by atoms with Crippen molar-refractivity contribution in [2.75, 3.05) is 32.8 Å². The van der Waals surface area contributed by atoms with Gasteiger partial charge in [0.1, 0.15) is 5.60 Å². The number of carbonyl (C=O) groups is 1. The van der Waals surface area contributed by atoms with Gasteiger partial charge in [-0.05, 0) is 26.7 Å². The average molecular weight is 242 g/mol. The maximum absolute atomic E-state index is 12.0. The van der Waals surface area contributed by atoms with E-state index >= 15 is 0 Å². The van der Waals surface area contributed by atoms with Crippen LogP contribution >= 0.6 is 0 Å². The number of hydrogen-bond acceptors (Lipinski definition) is 4. The predicted octanol–water partition coefficient (Wildman–Crippen LogP) is 0.435. The Morgan fingerprint density at radius 2 is 2.29 bits per heavy atom. The van der Waals surface area contributed by atoms with Gasteiger partial charge in [0.15, 0.2) is 0 Å². The molecule has 2 saturated heterocycles. The zero-order valence-corrected chi connectivity index (χ0v) is 10.8. The molecule has 98 valence electrons. The van der Waals surface area contributed by atoms with Crippen LogP contribution in [0.4, 0.5) is 4.79 Å². The Hall–Kier alpha value is -0.810. The lowest BCUT2D eigenvalue weighted by molar-refractivity contribution is 0.0256. The van der Waals surface area contributed by atoms with E-state index in [0.717, 1.165) is 13.1 Å². The zero-order chi connectivity index (χ0) is 12.7. The zero-order valence-electron chi connectivity index (χ0n) is 10.8. The highest BCUT2D eigenvalue weighted by molar-refractivity contribution is 5.68. The molecule has 2 aliphatic rings. The molecule has 1 amide bonds. The summed E-state index contributed by atoms with van der Waals surface area (Å²) in [5.74, 6) is 0.347. The smallest absolute Gasteiger partial charge is 0.410 e. The van der Waals surface area contributed by atoms with Crippen molar-refractivity contribution in [2.24, 2.45) is 11.3 Å². The second-order valence-electron chi connectivity index (χ2n) is 6.21. The van der Waals surface area contributed by atoms with Crippen LogP contribution in [0.2, 0.25) is 0 Å². The highest BCUT2D eigenvalue weighted by atomic mass is 16.6. The molecule has 0 aromatic rings. The van der Waals surface area contributed by atoms with Gasteiger partial charge < -0.3 is 20.1 Å². The lowest BCUT2D eigenvalue weighted by Crippen LogP contribution is -2.40. The Labute approximate surface area is 102 Å². The van der Waals surface area contributed by atoms with E-state index in [9.17, 15) is 9.90 Å². The molecule has 0 aromatic heterocycles. The second kappa shape index (κ2) is 4.14. The van der Waals surface area contributed by atoms with Gasteiger partial charge in [-0.2, -0.15) is 0 Å². The minimum atomic E-state index is -0.459. The van der Waals surface area contributed by atoms with Crippen LogP contribution in [0.15, 0.2) is 0 Å². The number of ether oxygens (including phenoxy) is 1. The number of fused-ring (bicyclic) bond motifs is 1. The fraction of sp³-hybridized carbons (Fsp3) is 0.917. The molecule has 2 aliphatic heterocycles. The molecule has 0 unspecified atom stereocenters. The van der Waals surface area contributed by atoms with Crippen LogP contribution in [0.3, 0.4) is 0 Å². The molecule has 17 heavy (non-hydrogen) atoms. The number of nitrogens with zero attached hydrogens (tertiary/aromatic N) is 1. The van der Waals surface area contributed by atoms with E-state index in [2.05, 4.69) is 5.32 Å². The van der Waals surface area contributed by atoms with Crippen molar-refractivity contribution in [3.05, 3.63) is 0 Å². The van der Waals surface area contributed by atoms with Gasteiger partial charge in [-0.15, -0.1) is 0 Å². The second-order valence-corrected chi connectivity index (χ2v) is 6.21. The van der Waals surface area contributed by atoms with E-state index in [1.165, 1.54) is 0 Å². The highest BCUT2D eigenvalue weighted by Crippen LogP contribution is 2.38. The SMILES string of the molecule is CC(C)(C)OC(=O)N1C[C@H]2CNC[C@]2(CO)C1. The molecule has 0 spiro atoms. The molecule has 2 rings (SSSR count). The Bertz CT molecular complexity index is 313. The first-order valence-electron chi connectivity index (χ1n) is 6.16. The minimum absolute atomic E-state index is 0.129. The van der Waals surface area contributed by atoms with Crippen molar-refractivity contribution in [2.45, 2.75) is 26.4 Å². The van der Waals surface area contributed by atoms with Gasteiger partial charge in [0, 0.05) is 31.6 Å². The molecule has 2 atom stereocenters. The summed E-state index contributed by atoms with van der Waals surface area (Å²) in [6.45, 7) is 8.66. The summed E-state index contributed by atoms with van der Waals surface area (Å²) < 4.78 is 5.36. The van der Waals surface area contributed by atoms with Gasteiger partial charge in [-0.1, -0.05) is 0 Å². The van der Waals surface area contributed by atoms with E-state index in [0.29, 0.717) is 19.0 Å². The highest BCUT2D eigenvalue weighted by Gasteiger charge is 2.51. The van der Waals surface area contributed by atoms with Crippen LogP contribution in [0, 0.1) is 11.3 Å². The van der Waals surface area contributed by atoms with Gasteiger partial charge in [0.05, 0.1) is 6.61 Å². The maximum Gasteiger partial charge on any atom is 0.410 e. The molecule has 0 aliphatic carbocycles. The Kier molecular flexibility index (Phi) is 3.08. The third-order valence-corrected chi connectivity index (χ3v) is 3.65. The minimum Gasteiger partial charge on any atom is -0.444 e. The summed E-state index contributed by atoms with van der Waals surface area (Å²) in [7, 11) is 0. The number of rotatable bonds is 1. The van der Waals surface area contributed by atoms with Gasteiger partial charge in [-0.25, -0.2) is 4.79 Å². The molecule has 2 N–H and O–H groups in total. The van der Waals surface area contributed by atoms with Crippen molar-refractivity contribution in [1.82, 2.24) is 10.2 Å². The number of nitrogens with one attached hydrogen (secondary N) is 1. The van der Waals surface area contributed by atoms with E-state index in [1.54, 1.807) is 4.90 Å².